The van der Waals surface area contributed by atoms with Crippen LogP contribution >= 0.6 is 0 Å². The van der Waals surface area contributed by atoms with Crippen LogP contribution < -0.4 is 0 Å². The third kappa shape index (κ3) is 4.43. The first kappa shape index (κ1) is 19.3. The first-order valence-electron chi connectivity index (χ1n) is 9.50. The van der Waals surface area contributed by atoms with E-state index in [2.05, 4.69) is 21.9 Å². The van der Waals surface area contributed by atoms with Crippen molar-refractivity contribution in [2.75, 3.05) is 46.9 Å². The second-order valence-electron chi connectivity index (χ2n) is 7.60. The molecule has 2 N–H and O–H groups in total. The Morgan fingerprint density at radius 2 is 2.08 bits per heavy atom. The lowest BCUT2D eigenvalue weighted by Crippen LogP contribution is -2.46. The number of aryl methyl sites for hydroxylation is 1. The van der Waals surface area contributed by atoms with E-state index in [1.54, 1.807) is 6.07 Å². The number of carbonyl (C=O) groups excluding carboxylic acids is 1. The highest BCUT2D eigenvalue weighted by Gasteiger charge is 2.26. The zero-order valence-electron chi connectivity index (χ0n) is 15.8. The summed E-state index contributed by atoms with van der Waals surface area (Å²) < 4.78 is 1.85. The van der Waals surface area contributed by atoms with Crippen LogP contribution in [0.15, 0.2) is 6.07 Å². The van der Waals surface area contributed by atoms with Gasteiger partial charge in [0.2, 0.25) is 5.91 Å². The van der Waals surface area contributed by atoms with Gasteiger partial charge in [-0.3, -0.25) is 14.4 Å². The predicted molar refractivity (Wildman–Crippen MR) is 97.5 cm³/mol. The molecule has 2 aliphatic heterocycles. The first-order valence-corrected chi connectivity index (χ1v) is 9.50. The van der Waals surface area contributed by atoms with Gasteiger partial charge in [-0.15, -0.1) is 0 Å². The Labute approximate surface area is 155 Å². The molecule has 2 aliphatic rings. The van der Waals surface area contributed by atoms with E-state index in [-0.39, 0.29) is 12.5 Å². The molecule has 0 radical (unpaired) electrons. The summed E-state index contributed by atoms with van der Waals surface area (Å²) in [5.41, 5.74) is 1.39. The Hall–Kier alpha value is -1.48. The Balaban J connectivity index is 1.60. The summed E-state index contributed by atoms with van der Waals surface area (Å²) >= 11 is 0. The summed E-state index contributed by atoms with van der Waals surface area (Å²) in [4.78, 5) is 19.2. The van der Waals surface area contributed by atoms with Gasteiger partial charge in [0.25, 0.3) is 0 Å². The van der Waals surface area contributed by atoms with Crippen molar-refractivity contribution in [3.63, 3.8) is 0 Å². The van der Waals surface area contributed by atoms with Crippen molar-refractivity contribution in [1.82, 2.24) is 24.5 Å². The van der Waals surface area contributed by atoms with E-state index in [0.29, 0.717) is 24.8 Å². The number of likely N-dealkylation sites (tertiary alicyclic amines) is 1. The highest BCUT2D eigenvalue weighted by atomic mass is 16.3. The number of hydrogen-bond acceptors (Lipinski definition) is 6. The van der Waals surface area contributed by atoms with Crippen LogP contribution in [-0.2, 0) is 17.9 Å². The zero-order valence-corrected chi connectivity index (χ0v) is 15.8. The van der Waals surface area contributed by atoms with Crippen molar-refractivity contribution in [3.05, 3.63) is 17.5 Å². The van der Waals surface area contributed by atoms with E-state index in [9.17, 15) is 9.90 Å². The minimum Gasteiger partial charge on any atom is -0.393 e. The van der Waals surface area contributed by atoms with E-state index in [1.165, 1.54) is 0 Å². The summed E-state index contributed by atoms with van der Waals surface area (Å²) in [5.74, 6) is 0.144. The molecular weight excluding hydrogens is 334 g/mol. The minimum atomic E-state index is -0.964. The number of aromatic nitrogens is 2. The third-order valence-electron chi connectivity index (χ3n) is 5.60. The molecule has 26 heavy (non-hydrogen) atoms. The molecule has 8 heteroatoms. The van der Waals surface area contributed by atoms with E-state index in [1.807, 2.05) is 16.6 Å². The monoisotopic (exact) mass is 365 g/mol. The fraction of sp³-hybridized carbons (Fsp3) is 0.778. The molecule has 3 heterocycles. The second-order valence-corrected chi connectivity index (χ2v) is 7.60. The molecule has 0 bridgehead atoms. The van der Waals surface area contributed by atoms with Crippen LogP contribution in [0, 0.1) is 0 Å². The second kappa shape index (κ2) is 8.47. The highest BCUT2D eigenvalue weighted by molar-refractivity contribution is 5.78. The Kier molecular flexibility index (Phi) is 6.29. The summed E-state index contributed by atoms with van der Waals surface area (Å²) in [6.07, 6.45) is 2.09. The lowest BCUT2D eigenvalue weighted by molar-refractivity contribution is -0.133. The molecule has 1 aromatic heterocycles. The standard InChI is InChI=1S/C18H31N5O3/c1-20-8-4-14(5-9-20)21(2)12-18(26)22-6-3-7-23-15(11-22)10-16(19-23)17(25)13-24/h10,14,17,24-25H,3-9,11-13H2,1-2H3. The van der Waals surface area contributed by atoms with Crippen LogP contribution in [0.3, 0.4) is 0 Å². The number of rotatable bonds is 5. The molecule has 0 saturated carbocycles. The Morgan fingerprint density at radius 3 is 2.77 bits per heavy atom. The van der Waals surface area contributed by atoms with Crippen LogP contribution in [0.25, 0.3) is 0 Å². The van der Waals surface area contributed by atoms with Crippen molar-refractivity contribution in [2.45, 2.75) is 44.5 Å². The molecule has 8 nitrogen and oxygen atoms in total. The van der Waals surface area contributed by atoms with E-state index in [0.717, 1.165) is 51.1 Å². The number of aliphatic hydroxyl groups excluding tert-OH is 2. The van der Waals surface area contributed by atoms with Gasteiger partial charge in [0.1, 0.15) is 6.10 Å². The van der Waals surface area contributed by atoms with Crippen LogP contribution in [0.2, 0.25) is 0 Å². The SMILES string of the molecule is CN1CCC(N(C)CC(=O)N2CCCn3nc(C(O)CO)cc3C2)CC1. The molecule has 1 unspecified atom stereocenters. The van der Waals surface area contributed by atoms with Crippen molar-refractivity contribution < 1.29 is 15.0 Å². The third-order valence-corrected chi connectivity index (χ3v) is 5.60. The van der Waals surface area contributed by atoms with Gasteiger partial charge in [0, 0.05) is 19.1 Å². The average Bonchev–Trinajstić information content (AvgIpc) is 2.93. The maximum absolute atomic E-state index is 12.8. The van der Waals surface area contributed by atoms with Gasteiger partial charge < -0.3 is 20.0 Å². The first-order chi connectivity index (χ1) is 12.5. The molecule has 0 aromatic carbocycles. The van der Waals surface area contributed by atoms with Gasteiger partial charge in [0.05, 0.1) is 31.1 Å². The van der Waals surface area contributed by atoms with Gasteiger partial charge in [0.15, 0.2) is 0 Å². The van der Waals surface area contributed by atoms with E-state index in [4.69, 9.17) is 5.11 Å². The largest absolute Gasteiger partial charge is 0.393 e. The van der Waals surface area contributed by atoms with Gasteiger partial charge >= 0.3 is 0 Å². The Bertz CT molecular complexity index is 612. The number of carbonyl (C=O) groups is 1. The van der Waals surface area contributed by atoms with Gasteiger partial charge in [-0.05, 0) is 52.5 Å². The summed E-state index contributed by atoms with van der Waals surface area (Å²) in [7, 11) is 4.19. The van der Waals surface area contributed by atoms with Gasteiger partial charge in [-0.1, -0.05) is 0 Å². The quantitative estimate of drug-likeness (QED) is 0.743. The average molecular weight is 365 g/mol. The predicted octanol–water partition coefficient (Wildman–Crippen LogP) is -0.333. The van der Waals surface area contributed by atoms with Gasteiger partial charge in [-0.25, -0.2) is 0 Å². The number of likely N-dealkylation sites (N-methyl/N-ethyl adjacent to an activating group) is 1. The Morgan fingerprint density at radius 1 is 1.35 bits per heavy atom. The maximum Gasteiger partial charge on any atom is 0.237 e. The van der Waals surface area contributed by atoms with Crippen molar-refractivity contribution in [2.24, 2.45) is 0 Å². The van der Waals surface area contributed by atoms with Crippen LogP contribution in [0.5, 0.6) is 0 Å². The fourth-order valence-corrected chi connectivity index (χ4v) is 3.83. The van der Waals surface area contributed by atoms with Crippen LogP contribution in [-0.4, -0.2) is 93.5 Å². The minimum absolute atomic E-state index is 0.144. The molecule has 3 rings (SSSR count). The summed E-state index contributed by atoms with van der Waals surface area (Å²) in [6.45, 7) is 4.22. The number of aliphatic hydroxyl groups is 2. The molecule has 0 aliphatic carbocycles. The number of amides is 1. The zero-order chi connectivity index (χ0) is 18.7. The maximum atomic E-state index is 12.8. The number of nitrogens with zero attached hydrogens (tertiary/aromatic N) is 5. The molecular formula is C18H31N5O3. The summed E-state index contributed by atoms with van der Waals surface area (Å²) in [6, 6.07) is 2.27. The fourth-order valence-electron chi connectivity index (χ4n) is 3.83. The molecule has 1 fully saturated rings. The number of hydrogen-bond donors (Lipinski definition) is 2. The van der Waals surface area contributed by atoms with Crippen molar-refractivity contribution in [1.29, 1.82) is 0 Å². The van der Waals surface area contributed by atoms with Gasteiger partial charge in [-0.2, -0.15) is 5.10 Å². The molecule has 1 atom stereocenters. The molecule has 1 saturated heterocycles. The topological polar surface area (TPSA) is 85.1 Å². The summed E-state index contributed by atoms with van der Waals surface area (Å²) in [5, 5.41) is 23.3. The van der Waals surface area contributed by atoms with E-state index >= 15 is 0 Å². The molecule has 0 spiro atoms. The number of piperidine rings is 1. The molecule has 1 aromatic rings. The van der Waals surface area contributed by atoms with E-state index < -0.39 is 6.10 Å². The highest BCUT2D eigenvalue weighted by Crippen LogP contribution is 2.19. The smallest absolute Gasteiger partial charge is 0.237 e. The molecule has 1 amide bonds. The van der Waals surface area contributed by atoms with Crippen molar-refractivity contribution >= 4 is 5.91 Å². The van der Waals surface area contributed by atoms with Crippen molar-refractivity contribution in [3.8, 4) is 0 Å². The lowest BCUT2D eigenvalue weighted by Gasteiger charge is -2.35. The lowest BCUT2D eigenvalue weighted by atomic mass is 10.0. The number of fused-ring (bicyclic) bond motifs is 1. The van der Waals surface area contributed by atoms with Crippen LogP contribution in [0.1, 0.15) is 36.8 Å². The normalized spacial score (nSPS) is 20.9. The molecule has 146 valence electrons. The van der Waals surface area contributed by atoms with Crippen LogP contribution in [0.4, 0.5) is 0 Å².